The van der Waals surface area contributed by atoms with Crippen molar-refractivity contribution in [3.8, 4) is 0 Å². The second kappa shape index (κ2) is 40.8. The monoisotopic (exact) mass is 914 g/mol. The van der Waals surface area contributed by atoms with Gasteiger partial charge in [0.15, 0.2) is 6.10 Å². The third-order valence-electron chi connectivity index (χ3n) is 8.55. The van der Waals surface area contributed by atoms with E-state index in [0.717, 1.165) is 70.6 Å². The first-order valence-corrected chi connectivity index (χ1v) is 25.1. The molecule has 0 spiro atoms. The van der Waals surface area contributed by atoms with Gasteiger partial charge in [0.2, 0.25) is 0 Å². The molecule has 4 atom stereocenters. The molecule has 2 unspecified atom stereocenters. The molecule has 0 saturated heterocycles. The number of carbonyl (C=O) groups is 2. The zero-order chi connectivity index (χ0) is 46.0. The van der Waals surface area contributed by atoms with Crippen molar-refractivity contribution >= 4 is 27.6 Å². The highest BCUT2D eigenvalue weighted by molar-refractivity contribution is 7.47. The number of phosphoric ester groups is 2. The van der Waals surface area contributed by atoms with Gasteiger partial charge in [0, 0.05) is 12.8 Å². The Bertz CT molecular complexity index is 1480. The first-order valence-electron chi connectivity index (χ1n) is 22.0. The number of esters is 2. The summed E-state index contributed by atoms with van der Waals surface area (Å²) in [6.07, 6.45) is 44.3. The Morgan fingerprint density at radius 2 is 1.06 bits per heavy atom. The van der Waals surface area contributed by atoms with E-state index in [0.29, 0.717) is 19.3 Å². The van der Waals surface area contributed by atoms with Crippen LogP contribution in [0.4, 0.5) is 0 Å². The summed E-state index contributed by atoms with van der Waals surface area (Å²) in [4.78, 5) is 52.7. The van der Waals surface area contributed by atoms with Gasteiger partial charge < -0.3 is 34.4 Å². The van der Waals surface area contributed by atoms with Gasteiger partial charge in [-0.25, -0.2) is 9.13 Å². The zero-order valence-corrected chi connectivity index (χ0v) is 38.8. The van der Waals surface area contributed by atoms with Crippen LogP contribution in [0.15, 0.2) is 97.2 Å². The van der Waals surface area contributed by atoms with E-state index in [1.54, 1.807) is 12.2 Å². The minimum absolute atomic E-state index is 0.0463. The molecular weight excluding hydrogens is 838 g/mol. The van der Waals surface area contributed by atoms with Crippen LogP contribution in [0.3, 0.4) is 0 Å². The van der Waals surface area contributed by atoms with Crippen LogP contribution in [0, 0.1) is 0 Å². The number of hydrogen-bond donors (Lipinski definition) is 5. The summed E-state index contributed by atoms with van der Waals surface area (Å²) in [5.41, 5.74) is 0. The van der Waals surface area contributed by atoms with E-state index in [1.807, 2.05) is 12.2 Å². The van der Waals surface area contributed by atoms with Crippen LogP contribution < -0.4 is 0 Å². The standard InChI is InChI=1S/C46H76O14P2/c1-3-5-7-9-11-13-15-17-18-19-20-22-24-26-28-30-32-36-46(50)60-44(41-59-62(54,55)58-39-43(48)38-57-61(51,52)53)40-56-45(49)37-33-35-42(47)34-31-29-27-25-23-21-16-14-12-10-8-6-4-2/h6,8,11-14,17-18,20-23,27,29,31,34,42-44,47-48H,3-5,7,9-10,15-16,19,24-26,28,30,32-33,35-41H2,1-2H3,(H,54,55)(H2,51,52,53)/b8-6-,13-11-,14-12-,18-17-,22-20-,23-21-,29-27-,34-31+/t42?,43-,44+/m0/s1. The molecule has 0 aromatic rings. The molecule has 16 heteroatoms. The van der Waals surface area contributed by atoms with Gasteiger partial charge in [-0.3, -0.25) is 23.2 Å². The minimum Gasteiger partial charge on any atom is -0.462 e. The molecule has 0 bridgehead atoms. The number of allylic oxidation sites excluding steroid dienone is 15. The molecule has 0 rings (SSSR count). The minimum atomic E-state index is -4.89. The molecule has 14 nitrogen and oxygen atoms in total. The highest BCUT2D eigenvalue weighted by Crippen LogP contribution is 2.43. The number of unbranched alkanes of at least 4 members (excludes halogenated alkanes) is 7. The van der Waals surface area contributed by atoms with E-state index in [9.17, 15) is 33.8 Å². The quantitative estimate of drug-likeness (QED) is 0.0127. The highest BCUT2D eigenvalue weighted by Gasteiger charge is 2.28. The number of phosphoric acid groups is 2. The molecule has 0 fully saturated rings. The van der Waals surface area contributed by atoms with Crippen LogP contribution in [-0.2, 0) is 41.8 Å². The molecule has 5 N–H and O–H groups in total. The summed E-state index contributed by atoms with van der Waals surface area (Å²) in [5.74, 6) is -1.27. The summed E-state index contributed by atoms with van der Waals surface area (Å²) in [5, 5.41) is 20.0. The Labute approximate surface area is 371 Å². The van der Waals surface area contributed by atoms with Gasteiger partial charge in [0.1, 0.15) is 12.7 Å². The Morgan fingerprint density at radius 1 is 0.548 bits per heavy atom. The summed E-state index contributed by atoms with van der Waals surface area (Å²) in [7, 11) is -9.76. The number of aliphatic hydroxyl groups is 2. The molecular formula is C46H76O14P2. The SMILES string of the molecule is CC/C=C\C/C=C\C/C=C\C/C=C\C=C\C(O)CCCC(=O)OC[C@H](COP(=O)(O)OC[C@@H](O)COP(=O)(O)O)OC(=O)CCCCCC/C=C\C/C=C\C/C=C\CCCCC. The van der Waals surface area contributed by atoms with E-state index in [4.69, 9.17) is 23.8 Å². The molecule has 0 aliphatic carbocycles. The fourth-order valence-electron chi connectivity index (χ4n) is 5.20. The van der Waals surface area contributed by atoms with Gasteiger partial charge in [0.25, 0.3) is 0 Å². The predicted octanol–water partition coefficient (Wildman–Crippen LogP) is 10.3. The first kappa shape index (κ1) is 59.0. The smallest absolute Gasteiger partial charge is 0.462 e. The van der Waals surface area contributed by atoms with Crippen LogP contribution in [0.5, 0.6) is 0 Å². The van der Waals surface area contributed by atoms with E-state index >= 15 is 0 Å². The second-order valence-corrected chi connectivity index (χ2v) is 17.1. The molecule has 0 aromatic carbocycles. The molecule has 354 valence electrons. The Morgan fingerprint density at radius 3 is 1.66 bits per heavy atom. The molecule has 0 aromatic heterocycles. The number of ether oxygens (including phenoxy) is 2. The first-order chi connectivity index (χ1) is 29.8. The van der Waals surface area contributed by atoms with Crippen LogP contribution in [0.2, 0.25) is 0 Å². The number of hydrogen-bond acceptors (Lipinski definition) is 11. The third-order valence-corrected chi connectivity index (χ3v) is 9.99. The molecule has 0 aliphatic heterocycles. The number of aliphatic hydroxyl groups excluding tert-OH is 2. The van der Waals surface area contributed by atoms with Gasteiger partial charge in [-0.2, -0.15) is 0 Å². The molecule has 0 aliphatic rings. The molecule has 0 heterocycles. The van der Waals surface area contributed by atoms with Crippen LogP contribution in [-0.4, -0.2) is 81.6 Å². The van der Waals surface area contributed by atoms with Gasteiger partial charge in [-0.1, -0.05) is 137 Å². The fourth-order valence-corrected chi connectivity index (χ4v) is 6.36. The van der Waals surface area contributed by atoms with Gasteiger partial charge in [-0.15, -0.1) is 0 Å². The average molecular weight is 915 g/mol. The lowest BCUT2D eigenvalue weighted by atomic mass is 10.1. The van der Waals surface area contributed by atoms with Crippen LogP contribution >= 0.6 is 15.6 Å². The van der Waals surface area contributed by atoms with Crippen molar-refractivity contribution in [2.75, 3.05) is 26.4 Å². The lowest BCUT2D eigenvalue weighted by molar-refractivity contribution is -0.161. The topological polar surface area (TPSA) is 216 Å². The fraction of sp³-hybridized carbons (Fsp3) is 0.609. The van der Waals surface area contributed by atoms with Crippen molar-refractivity contribution in [1.82, 2.24) is 0 Å². The van der Waals surface area contributed by atoms with Crippen LogP contribution in [0.25, 0.3) is 0 Å². The van der Waals surface area contributed by atoms with Gasteiger partial charge in [-0.05, 0) is 83.5 Å². The predicted molar refractivity (Wildman–Crippen MR) is 245 cm³/mol. The van der Waals surface area contributed by atoms with E-state index < -0.39 is 72.3 Å². The summed E-state index contributed by atoms with van der Waals surface area (Å²) < 4.78 is 47.6. The van der Waals surface area contributed by atoms with Crippen LogP contribution in [0.1, 0.15) is 136 Å². The lowest BCUT2D eigenvalue weighted by Crippen LogP contribution is -2.30. The second-order valence-electron chi connectivity index (χ2n) is 14.4. The molecule has 0 saturated carbocycles. The highest BCUT2D eigenvalue weighted by atomic mass is 31.2. The van der Waals surface area contributed by atoms with Crippen molar-refractivity contribution < 1.29 is 66.7 Å². The largest absolute Gasteiger partial charge is 0.472 e. The maximum Gasteiger partial charge on any atom is 0.472 e. The van der Waals surface area contributed by atoms with E-state index in [1.165, 1.54) is 19.3 Å². The van der Waals surface area contributed by atoms with Crippen molar-refractivity contribution in [1.29, 1.82) is 0 Å². The van der Waals surface area contributed by atoms with Gasteiger partial charge in [0.05, 0.1) is 25.9 Å². The van der Waals surface area contributed by atoms with Crippen molar-refractivity contribution in [2.24, 2.45) is 0 Å². The average Bonchev–Trinajstić information content (AvgIpc) is 3.22. The van der Waals surface area contributed by atoms with Crippen molar-refractivity contribution in [3.63, 3.8) is 0 Å². The third kappa shape index (κ3) is 43.6. The Kier molecular flexibility index (Phi) is 38.8. The molecule has 0 radical (unpaired) electrons. The summed E-state index contributed by atoms with van der Waals surface area (Å²) >= 11 is 0. The maximum atomic E-state index is 12.7. The molecule has 62 heavy (non-hydrogen) atoms. The number of rotatable bonds is 40. The van der Waals surface area contributed by atoms with E-state index in [2.05, 4.69) is 95.8 Å². The zero-order valence-electron chi connectivity index (χ0n) is 37.0. The summed E-state index contributed by atoms with van der Waals surface area (Å²) in [6, 6.07) is 0. The maximum absolute atomic E-state index is 12.7. The van der Waals surface area contributed by atoms with Crippen molar-refractivity contribution in [3.05, 3.63) is 97.2 Å². The summed E-state index contributed by atoms with van der Waals surface area (Å²) in [6.45, 7) is 1.35. The Balaban J connectivity index is 4.76. The Hall–Kier alpha value is -3.00. The number of carbonyl (C=O) groups excluding carboxylic acids is 2. The van der Waals surface area contributed by atoms with Gasteiger partial charge >= 0.3 is 27.6 Å². The molecule has 0 amide bonds. The lowest BCUT2D eigenvalue weighted by Gasteiger charge is -2.20. The van der Waals surface area contributed by atoms with Crippen molar-refractivity contribution in [2.45, 2.75) is 154 Å². The normalized spacial score (nSPS) is 15.4. The van der Waals surface area contributed by atoms with E-state index in [-0.39, 0.29) is 12.8 Å².